The van der Waals surface area contributed by atoms with Crippen molar-refractivity contribution in [3.05, 3.63) is 65.7 Å². The summed E-state index contributed by atoms with van der Waals surface area (Å²) in [7, 11) is 0. The molecule has 1 saturated carbocycles. The van der Waals surface area contributed by atoms with E-state index in [1.165, 1.54) is 12.8 Å². The normalized spacial score (nSPS) is 27.8. The zero-order valence-electron chi connectivity index (χ0n) is 18.5. The first-order valence-corrected chi connectivity index (χ1v) is 12.1. The van der Waals surface area contributed by atoms with E-state index < -0.39 is 0 Å². The molecule has 2 aromatic carbocycles. The zero-order valence-corrected chi connectivity index (χ0v) is 18.5. The average Bonchev–Trinajstić information content (AvgIpc) is 3.25. The minimum absolute atomic E-state index is 0.0281. The summed E-state index contributed by atoms with van der Waals surface area (Å²) in [6.07, 6.45) is 7.52. The fraction of sp³-hybridized carbons (Fsp3) is 0.481. The molecule has 0 spiro atoms. The van der Waals surface area contributed by atoms with Crippen LogP contribution in [0, 0.1) is 5.92 Å². The van der Waals surface area contributed by atoms with E-state index in [1.54, 1.807) is 0 Å². The number of nitrogens with one attached hydrogen (secondary N) is 1. The van der Waals surface area contributed by atoms with E-state index in [0.29, 0.717) is 18.8 Å². The Hall–Kier alpha value is -2.66. The van der Waals surface area contributed by atoms with Gasteiger partial charge in [-0.1, -0.05) is 55.3 Å². The Morgan fingerprint density at radius 1 is 1.00 bits per heavy atom. The van der Waals surface area contributed by atoms with Crippen molar-refractivity contribution in [2.24, 2.45) is 5.92 Å². The Balaban J connectivity index is 1.29. The number of carbonyl (C=O) groups excluding carboxylic acids is 2. The summed E-state index contributed by atoms with van der Waals surface area (Å²) in [4.78, 5) is 26.8. The number of carbonyl (C=O) groups is 2. The summed E-state index contributed by atoms with van der Waals surface area (Å²) in [6.45, 7) is 0.803. The van der Waals surface area contributed by atoms with Gasteiger partial charge in [-0.25, -0.2) is 0 Å². The highest BCUT2D eigenvalue weighted by molar-refractivity contribution is 5.95. The molecule has 5 nitrogen and oxygen atoms in total. The van der Waals surface area contributed by atoms with Crippen LogP contribution in [0.1, 0.15) is 62.2 Å². The molecule has 1 N–H and O–H groups in total. The van der Waals surface area contributed by atoms with Gasteiger partial charge < -0.3 is 15.0 Å². The van der Waals surface area contributed by atoms with Gasteiger partial charge >= 0.3 is 0 Å². The van der Waals surface area contributed by atoms with Crippen LogP contribution in [-0.2, 0) is 20.7 Å². The molecule has 2 aliphatic heterocycles. The maximum Gasteiger partial charge on any atom is 0.227 e. The van der Waals surface area contributed by atoms with Crippen LogP contribution in [0.5, 0.6) is 0 Å². The largest absolute Gasteiger partial charge is 0.370 e. The molecule has 0 unspecified atom stereocenters. The molecule has 168 valence electrons. The third-order valence-electron chi connectivity index (χ3n) is 7.28. The van der Waals surface area contributed by atoms with Crippen molar-refractivity contribution in [2.45, 2.75) is 69.6 Å². The van der Waals surface area contributed by atoms with Crippen LogP contribution in [-0.4, -0.2) is 30.5 Å². The lowest BCUT2D eigenvalue weighted by Crippen LogP contribution is -2.51. The van der Waals surface area contributed by atoms with Crippen LogP contribution in [0.4, 0.5) is 5.69 Å². The van der Waals surface area contributed by atoms with Gasteiger partial charge in [0.25, 0.3) is 0 Å². The van der Waals surface area contributed by atoms with Gasteiger partial charge in [-0.05, 0) is 48.9 Å². The first-order valence-electron chi connectivity index (χ1n) is 12.1. The summed E-state index contributed by atoms with van der Waals surface area (Å²) in [5.74, 6) is 0.688. The summed E-state index contributed by atoms with van der Waals surface area (Å²) in [5, 5.41) is 3.36. The summed E-state index contributed by atoms with van der Waals surface area (Å²) >= 11 is 0. The van der Waals surface area contributed by atoms with Crippen molar-refractivity contribution >= 4 is 17.5 Å². The lowest BCUT2D eigenvalue weighted by molar-refractivity contribution is -0.132. The van der Waals surface area contributed by atoms with Crippen molar-refractivity contribution in [1.82, 2.24) is 5.32 Å². The molecule has 2 amide bonds. The van der Waals surface area contributed by atoms with Gasteiger partial charge in [-0.2, -0.15) is 0 Å². The van der Waals surface area contributed by atoms with Gasteiger partial charge in [-0.3, -0.25) is 9.59 Å². The molecule has 1 aliphatic carbocycles. The number of nitrogens with zero attached hydrogens (tertiary/aromatic N) is 1. The predicted molar refractivity (Wildman–Crippen MR) is 124 cm³/mol. The molecule has 5 rings (SSSR count). The fourth-order valence-corrected chi connectivity index (χ4v) is 5.64. The third kappa shape index (κ3) is 4.58. The van der Waals surface area contributed by atoms with Gasteiger partial charge in [0.1, 0.15) is 0 Å². The van der Waals surface area contributed by atoms with Crippen LogP contribution in [0.3, 0.4) is 0 Å². The van der Waals surface area contributed by atoms with Crippen LogP contribution in [0.15, 0.2) is 54.6 Å². The van der Waals surface area contributed by atoms with Gasteiger partial charge in [0.05, 0.1) is 18.6 Å². The molecule has 0 bridgehead atoms. The van der Waals surface area contributed by atoms with Crippen molar-refractivity contribution in [1.29, 1.82) is 0 Å². The number of hydrogen-bond acceptors (Lipinski definition) is 3. The van der Waals surface area contributed by atoms with Gasteiger partial charge in [0, 0.05) is 30.6 Å². The van der Waals surface area contributed by atoms with Crippen molar-refractivity contribution < 1.29 is 14.3 Å². The summed E-state index contributed by atoms with van der Waals surface area (Å²) in [5.41, 5.74) is 3.14. The van der Waals surface area contributed by atoms with Gasteiger partial charge in [0.15, 0.2) is 0 Å². The van der Waals surface area contributed by atoms with E-state index in [1.807, 2.05) is 47.4 Å². The number of anilines is 1. The van der Waals surface area contributed by atoms with Crippen LogP contribution in [0.2, 0.25) is 0 Å². The minimum atomic E-state index is -0.0281. The number of benzene rings is 2. The zero-order chi connectivity index (χ0) is 21.9. The number of fused-ring (bicyclic) bond motifs is 1. The van der Waals surface area contributed by atoms with E-state index in [0.717, 1.165) is 49.0 Å². The molecule has 3 fully saturated rings. The Kier molecular flexibility index (Phi) is 6.26. The predicted octanol–water partition coefficient (Wildman–Crippen LogP) is 4.56. The molecule has 2 aromatic rings. The van der Waals surface area contributed by atoms with Crippen molar-refractivity contribution in [3.8, 4) is 0 Å². The van der Waals surface area contributed by atoms with E-state index in [2.05, 4.69) is 17.4 Å². The van der Waals surface area contributed by atoms with E-state index in [-0.39, 0.29) is 30.1 Å². The highest BCUT2D eigenvalue weighted by Crippen LogP contribution is 2.41. The molecule has 3 aliphatic rings. The second-order valence-electron chi connectivity index (χ2n) is 9.42. The molecular weight excluding hydrogens is 400 g/mol. The summed E-state index contributed by atoms with van der Waals surface area (Å²) < 4.78 is 6.56. The summed E-state index contributed by atoms with van der Waals surface area (Å²) in [6, 6.07) is 18.3. The molecular formula is C27H32N2O3. The van der Waals surface area contributed by atoms with Crippen molar-refractivity contribution in [3.63, 3.8) is 0 Å². The standard InChI is InChI=1S/C27H32N2O3/c30-26(17-19-7-2-1-3-8-19)28-23-18-25(32-24-10-5-4-9-22(23)24)20-12-14-21(15-13-20)29-16-6-11-27(29)31/h1-3,7-8,12-15,22-25H,4-6,9-11,16-18H2,(H,28,30)/t22-,23+,24+,25+/m0/s1. The Bertz CT molecular complexity index is 943. The number of amides is 2. The highest BCUT2D eigenvalue weighted by Gasteiger charge is 2.41. The van der Waals surface area contributed by atoms with E-state index in [4.69, 9.17) is 4.74 Å². The highest BCUT2D eigenvalue weighted by atomic mass is 16.5. The average molecular weight is 433 g/mol. The lowest BCUT2D eigenvalue weighted by Gasteiger charge is -2.45. The van der Waals surface area contributed by atoms with E-state index in [9.17, 15) is 9.59 Å². The molecule has 4 atom stereocenters. The van der Waals surface area contributed by atoms with Crippen LogP contribution < -0.4 is 10.2 Å². The van der Waals surface area contributed by atoms with Crippen LogP contribution >= 0.6 is 0 Å². The molecule has 2 heterocycles. The molecule has 0 radical (unpaired) electrons. The number of rotatable bonds is 5. The molecule has 2 saturated heterocycles. The maximum atomic E-state index is 12.8. The molecule has 5 heteroatoms. The SMILES string of the molecule is O=C(Cc1ccccc1)N[C@@H]1C[C@H](c2ccc(N3CCCC3=O)cc2)O[C@@H]2CCCC[C@@H]12. The third-order valence-corrected chi connectivity index (χ3v) is 7.28. The van der Waals surface area contributed by atoms with Crippen LogP contribution in [0.25, 0.3) is 0 Å². The lowest BCUT2D eigenvalue weighted by atomic mass is 9.76. The number of hydrogen-bond donors (Lipinski definition) is 1. The second kappa shape index (κ2) is 9.45. The Morgan fingerprint density at radius 3 is 2.53 bits per heavy atom. The molecule has 32 heavy (non-hydrogen) atoms. The first-order chi connectivity index (χ1) is 15.7. The first kappa shape index (κ1) is 21.2. The fourth-order valence-electron chi connectivity index (χ4n) is 5.64. The van der Waals surface area contributed by atoms with Gasteiger partial charge in [-0.15, -0.1) is 0 Å². The van der Waals surface area contributed by atoms with Gasteiger partial charge in [0.2, 0.25) is 11.8 Å². The van der Waals surface area contributed by atoms with E-state index >= 15 is 0 Å². The maximum absolute atomic E-state index is 12.8. The molecule has 0 aromatic heterocycles. The van der Waals surface area contributed by atoms with Crippen molar-refractivity contribution in [2.75, 3.05) is 11.4 Å². The Morgan fingerprint density at radius 2 is 1.78 bits per heavy atom. The topological polar surface area (TPSA) is 58.6 Å². The second-order valence-corrected chi connectivity index (χ2v) is 9.42. The monoisotopic (exact) mass is 432 g/mol. The smallest absolute Gasteiger partial charge is 0.227 e. The number of ether oxygens (including phenoxy) is 1. The minimum Gasteiger partial charge on any atom is -0.370 e. The Labute approximate surface area is 190 Å². The quantitative estimate of drug-likeness (QED) is 0.753.